The van der Waals surface area contributed by atoms with Crippen molar-refractivity contribution in [3.8, 4) is 6.07 Å². The second-order valence-corrected chi connectivity index (χ2v) is 7.55. The lowest BCUT2D eigenvalue weighted by Crippen LogP contribution is -2.34. The van der Waals surface area contributed by atoms with Crippen molar-refractivity contribution in [2.75, 3.05) is 0 Å². The SMILES string of the molecule is CCCCC(C)C1(C#N)CCC(C2CCCCC2)CC1. The van der Waals surface area contributed by atoms with Crippen LogP contribution in [0.1, 0.15) is 90.9 Å². The molecule has 0 aromatic heterocycles. The van der Waals surface area contributed by atoms with Gasteiger partial charge < -0.3 is 0 Å². The highest BCUT2D eigenvalue weighted by Crippen LogP contribution is 2.49. The number of hydrogen-bond donors (Lipinski definition) is 0. The minimum atomic E-state index is 0.0142. The van der Waals surface area contributed by atoms with Crippen LogP contribution in [0, 0.1) is 34.5 Å². The lowest BCUT2D eigenvalue weighted by atomic mass is 9.61. The van der Waals surface area contributed by atoms with Gasteiger partial charge in [0.1, 0.15) is 0 Å². The smallest absolute Gasteiger partial charge is 0.0692 e. The van der Waals surface area contributed by atoms with Crippen molar-refractivity contribution in [3.63, 3.8) is 0 Å². The predicted molar refractivity (Wildman–Crippen MR) is 85.3 cm³/mol. The summed E-state index contributed by atoms with van der Waals surface area (Å²) in [5, 5.41) is 9.76. The van der Waals surface area contributed by atoms with E-state index in [-0.39, 0.29) is 5.41 Å². The van der Waals surface area contributed by atoms with Crippen LogP contribution in [0.25, 0.3) is 0 Å². The molecule has 0 aromatic rings. The molecule has 0 heterocycles. The molecule has 1 nitrogen and oxygen atoms in total. The van der Waals surface area contributed by atoms with Crippen molar-refractivity contribution < 1.29 is 0 Å². The molecular formula is C19H33N. The summed E-state index contributed by atoms with van der Waals surface area (Å²) < 4.78 is 0. The van der Waals surface area contributed by atoms with Gasteiger partial charge in [-0.05, 0) is 49.9 Å². The quantitative estimate of drug-likeness (QED) is 0.595. The largest absolute Gasteiger partial charge is 0.198 e. The van der Waals surface area contributed by atoms with Crippen molar-refractivity contribution in [2.24, 2.45) is 23.2 Å². The third-order valence-corrected chi connectivity index (χ3v) is 6.40. The highest BCUT2D eigenvalue weighted by Gasteiger charge is 2.41. The molecule has 2 aliphatic rings. The number of hydrogen-bond acceptors (Lipinski definition) is 1. The van der Waals surface area contributed by atoms with E-state index in [2.05, 4.69) is 19.9 Å². The van der Waals surface area contributed by atoms with Gasteiger partial charge >= 0.3 is 0 Å². The van der Waals surface area contributed by atoms with Crippen LogP contribution in [-0.2, 0) is 0 Å². The van der Waals surface area contributed by atoms with Crippen LogP contribution < -0.4 is 0 Å². The van der Waals surface area contributed by atoms with E-state index >= 15 is 0 Å². The monoisotopic (exact) mass is 275 g/mol. The Kier molecular flexibility index (Phi) is 5.94. The Morgan fingerprint density at radius 1 is 1.05 bits per heavy atom. The molecule has 2 aliphatic carbocycles. The molecule has 20 heavy (non-hydrogen) atoms. The standard InChI is InChI=1S/C19H33N/c1-3-4-8-16(2)19(15-20)13-11-18(12-14-19)17-9-6-5-7-10-17/h16-18H,3-14H2,1-2H3. The van der Waals surface area contributed by atoms with Crippen molar-refractivity contribution >= 4 is 0 Å². The summed E-state index contributed by atoms with van der Waals surface area (Å²) in [5.41, 5.74) is 0.0142. The molecule has 2 saturated carbocycles. The zero-order valence-corrected chi connectivity index (χ0v) is 13.7. The van der Waals surface area contributed by atoms with E-state index in [1.807, 2.05) is 0 Å². The van der Waals surface area contributed by atoms with Crippen molar-refractivity contribution in [1.82, 2.24) is 0 Å². The number of nitrogens with zero attached hydrogens (tertiary/aromatic N) is 1. The summed E-state index contributed by atoms with van der Waals surface area (Å²) in [6.07, 6.45) is 16.1. The average Bonchev–Trinajstić information content (AvgIpc) is 2.53. The molecule has 114 valence electrons. The van der Waals surface area contributed by atoms with Gasteiger partial charge in [0, 0.05) is 0 Å². The maximum Gasteiger partial charge on any atom is 0.0692 e. The second kappa shape index (κ2) is 7.48. The Labute approximate surface area is 126 Å². The maximum atomic E-state index is 9.76. The summed E-state index contributed by atoms with van der Waals surface area (Å²) in [6, 6.07) is 2.75. The zero-order valence-electron chi connectivity index (χ0n) is 13.7. The van der Waals surface area contributed by atoms with Gasteiger partial charge in [0.15, 0.2) is 0 Å². The first-order chi connectivity index (χ1) is 9.72. The van der Waals surface area contributed by atoms with Gasteiger partial charge in [-0.3, -0.25) is 0 Å². The van der Waals surface area contributed by atoms with Gasteiger partial charge in [-0.15, -0.1) is 0 Å². The molecule has 1 heteroatoms. The van der Waals surface area contributed by atoms with Crippen LogP contribution in [0.15, 0.2) is 0 Å². The van der Waals surface area contributed by atoms with E-state index in [1.54, 1.807) is 0 Å². The Bertz CT molecular complexity index is 313. The highest BCUT2D eigenvalue weighted by atomic mass is 14.5. The molecule has 0 bridgehead atoms. The molecule has 2 rings (SSSR count). The van der Waals surface area contributed by atoms with Gasteiger partial charge in [-0.1, -0.05) is 58.8 Å². The fourth-order valence-corrected chi connectivity index (χ4v) is 4.73. The number of unbranched alkanes of at least 4 members (excludes halogenated alkanes) is 1. The lowest BCUT2D eigenvalue weighted by Gasteiger charge is -2.42. The van der Waals surface area contributed by atoms with Gasteiger partial charge in [0.2, 0.25) is 0 Å². The summed E-state index contributed by atoms with van der Waals surface area (Å²) in [7, 11) is 0. The van der Waals surface area contributed by atoms with E-state index in [1.165, 1.54) is 77.0 Å². The van der Waals surface area contributed by atoms with Gasteiger partial charge in [-0.25, -0.2) is 0 Å². The van der Waals surface area contributed by atoms with E-state index in [9.17, 15) is 5.26 Å². The van der Waals surface area contributed by atoms with E-state index in [0.717, 1.165) is 11.8 Å². The van der Waals surface area contributed by atoms with Crippen LogP contribution in [0.3, 0.4) is 0 Å². The lowest BCUT2D eigenvalue weighted by molar-refractivity contribution is 0.0955. The number of nitriles is 1. The third kappa shape index (κ3) is 3.57. The normalized spacial score (nSPS) is 33.5. The Morgan fingerprint density at radius 2 is 1.65 bits per heavy atom. The minimum Gasteiger partial charge on any atom is -0.198 e. The maximum absolute atomic E-state index is 9.76. The molecule has 0 aliphatic heterocycles. The van der Waals surface area contributed by atoms with Gasteiger partial charge in [0.25, 0.3) is 0 Å². The predicted octanol–water partition coefficient (Wildman–Crippen LogP) is 6.09. The van der Waals surface area contributed by atoms with Crippen LogP contribution in [0.2, 0.25) is 0 Å². The van der Waals surface area contributed by atoms with Crippen molar-refractivity contribution in [2.45, 2.75) is 90.9 Å². The molecule has 0 spiro atoms. The zero-order chi connectivity index (χ0) is 14.4. The van der Waals surface area contributed by atoms with Crippen LogP contribution in [0.4, 0.5) is 0 Å². The first-order valence-electron chi connectivity index (χ1n) is 9.13. The molecule has 1 unspecified atom stereocenters. The topological polar surface area (TPSA) is 23.8 Å². The number of rotatable bonds is 5. The third-order valence-electron chi connectivity index (χ3n) is 6.40. The summed E-state index contributed by atoms with van der Waals surface area (Å²) in [4.78, 5) is 0. The molecule has 0 N–H and O–H groups in total. The van der Waals surface area contributed by atoms with Gasteiger partial charge in [0.05, 0.1) is 11.5 Å². The molecule has 0 amide bonds. The fraction of sp³-hybridized carbons (Fsp3) is 0.947. The molecule has 0 radical (unpaired) electrons. The summed E-state index contributed by atoms with van der Waals surface area (Å²) in [6.45, 7) is 4.59. The fourth-order valence-electron chi connectivity index (χ4n) is 4.73. The molecule has 0 saturated heterocycles. The summed E-state index contributed by atoms with van der Waals surface area (Å²) >= 11 is 0. The van der Waals surface area contributed by atoms with E-state index in [0.29, 0.717) is 5.92 Å². The molecular weight excluding hydrogens is 242 g/mol. The van der Waals surface area contributed by atoms with Crippen LogP contribution >= 0.6 is 0 Å². The molecule has 0 aromatic carbocycles. The Morgan fingerprint density at radius 3 is 2.20 bits per heavy atom. The van der Waals surface area contributed by atoms with Crippen LogP contribution in [0.5, 0.6) is 0 Å². The Balaban J connectivity index is 1.88. The molecule has 1 atom stereocenters. The first-order valence-corrected chi connectivity index (χ1v) is 9.13. The van der Waals surface area contributed by atoms with Crippen LogP contribution in [-0.4, -0.2) is 0 Å². The van der Waals surface area contributed by atoms with Gasteiger partial charge in [-0.2, -0.15) is 5.26 Å². The van der Waals surface area contributed by atoms with Crippen molar-refractivity contribution in [3.05, 3.63) is 0 Å². The summed E-state index contributed by atoms with van der Waals surface area (Å²) in [5.74, 6) is 2.53. The minimum absolute atomic E-state index is 0.0142. The first kappa shape index (κ1) is 15.9. The van der Waals surface area contributed by atoms with E-state index in [4.69, 9.17) is 0 Å². The highest BCUT2D eigenvalue weighted by molar-refractivity contribution is 5.04. The molecule has 2 fully saturated rings. The Hall–Kier alpha value is -0.510. The van der Waals surface area contributed by atoms with Crippen molar-refractivity contribution in [1.29, 1.82) is 5.26 Å². The van der Waals surface area contributed by atoms with E-state index < -0.39 is 0 Å². The second-order valence-electron chi connectivity index (χ2n) is 7.55. The average molecular weight is 275 g/mol.